The fourth-order valence-corrected chi connectivity index (χ4v) is 1.27. The lowest BCUT2D eigenvalue weighted by atomic mass is 10.1. The van der Waals surface area contributed by atoms with E-state index in [1.807, 2.05) is 0 Å². The first-order valence-corrected chi connectivity index (χ1v) is 6.63. The highest BCUT2D eigenvalue weighted by atomic mass is 16.6. The van der Waals surface area contributed by atoms with Gasteiger partial charge in [0.1, 0.15) is 17.2 Å². The molecule has 0 spiro atoms. The lowest BCUT2D eigenvalue weighted by molar-refractivity contribution is -0.160. The Bertz CT molecular complexity index is 391. The Kier molecular flexibility index (Phi) is 6.66. The third kappa shape index (κ3) is 9.70. The van der Waals surface area contributed by atoms with Gasteiger partial charge in [-0.25, -0.2) is 9.59 Å². The summed E-state index contributed by atoms with van der Waals surface area (Å²) in [5, 5.41) is 2.32. The Morgan fingerprint density at radius 3 is 1.81 bits per heavy atom. The summed E-state index contributed by atoms with van der Waals surface area (Å²) in [5.74, 6) is -1.36. The van der Waals surface area contributed by atoms with Crippen molar-refractivity contribution in [2.75, 3.05) is 7.11 Å². The monoisotopic (exact) mass is 303 g/mol. The fourth-order valence-electron chi connectivity index (χ4n) is 1.27. The Morgan fingerprint density at radius 2 is 1.43 bits per heavy atom. The lowest BCUT2D eigenvalue weighted by Gasteiger charge is -2.25. The normalized spacial score (nSPS) is 13.1. The van der Waals surface area contributed by atoms with E-state index in [2.05, 4.69) is 10.1 Å². The maximum absolute atomic E-state index is 12.0. The SMILES string of the molecule is COC(=O)C[C@@H](NC(=O)OC(C)(C)C)C(=O)OC(C)(C)C. The zero-order valence-corrected chi connectivity index (χ0v) is 13.7. The van der Waals surface area contributed by atoms with Crippen LogP contribution in [0.5, 0.6) is 0 Å². The van der Waals surface area contributed by atoms with Gasteiger partial charge in [0.2, 0.25) is 0 Å². The summed E-state index contributed by atoms with van der Waals surface area (Å²) in [4.78, 5) is 35.1. The second-order valence-electron chi connectivity index (χ2n) is 6.51. The second kappa shape index (κ2) is 7.28. The van der Waals surface area contributed by atoms with Crippen LogP contribution in [0.2, 0.25) is 0 Å². The molecular formula is C14H25NO6. The molecule has 0 aliphatic heterocycles. The number of ether oxygens (including phenoxy) is 3. The molecule has 0 saturated carbocycles. The Morgan fingerprint density at radius 1 is 0.952 bits per heavy atom. The predicted octanol–water partition coefficient (Wildman–Crippen LogP) is 1.78. The third-order valence-electron chi connectivity index (χ3n) is 1.98. The highest BCUT2D eigenvalue weighted by Gasteiger charge is 2.30. The van der Waals surface area contributed by atoms with Crippen molar-refractivity contribution < 1.29 is 28.6 Å². The van der Waals surface area contributed by atoms with Gasteiger partial charge in [-0.3, -0.25) is 4.79 Å². The van der Waals surface area contributed by atoms with Gasteiger partial charge in [-0.1, -0.05) is 0 Å². The molecule has 1 amide bonds. The molecule has 21 heavy (non-hydrogen) atoms. The van der Waals surface area contributed by atoms with Crippen molar-refractivity contribution in [1.82, 2.24) is 5.32 Å². The van der Waals surface area contributed by atoms with Gasteiger partial charge in [0.15, 0.2) is 0 Å². The molecule has 0 aromatic carbocycles. The molecular weight excluding hydrogens is 278 g/mol. The van der Waals surface area contributed by atoms with Crippen LogP contribution in [0, 0.1) is 0 Å². The van der Waals surface area contributed by atoms with Crippen LogP contribution in [-0.4, -0.2) is 42.4 Å². The van der Waals surface area contributed by atoms with Crippen LogP contribution in [-0.2, 0) is 23.8 Å². The van der Waals surface area contributed by atoms with Crippen molar-refractivity contribution in [3.8, 4) is 0 Å². The molecule has 0 radical (unpaired) electrons. The number of carbonyl (C=O) groups is 3. The molecule has 1 N–H and O–H groups in total. The molecule has 0 aliphatic carbocycles. The van der Waals surface area contributed by atoms with Crippen LogP contribution in [0.1, 0.15) is 48.0 Å². The van der Waals surface area contributed by atoms with Crippen molar-refractivity contribution >= 4 is 18.0 Å². The van der Waals surface area contributed by atoms with Crippen molar-refractivity contribution in [2.45, 2.75) is 65.2 Å². The molecule has 122 valence electrons. The minimum Gasteiger partial charge on any atom is -0.469 e. The van der Waals surface area contributed by atoms with Gasteiger partial charge in [-0.05, 0) is 41.5 Å². The molecule has 7 heteroatoms. The molecule has 0 heterocycles. The first-order valence-electron chi connectivity index (χ1n) is 6.63. The predicted molar refractivity (Wildman–Crippen MR) is 75.6 cm³/mol. The zero-order chi connectivity index (χ0) is 16.8. The topological polar surface area (TPSA) is 90.9 Å². The molecule has 0 bridgehead atoms. The zero-order valence-electron chi connectivity index (χ0n) is 13.7. The summed E-state index contributed by atoms with van der Waals surface area (Å²) in [5.41, 5.74) is -1.45. The first-order chi connectivity index (χ1) is 9.34. The van der Waals surface area contributed by atoms with Crippen LogP contribution < -0.4 is 5.32 Å². The molecule has 0 unspecified atom stereocenters. The molecule has 0 aliphatic rings. The summed E-state index contributed by atoms with van der Waals surface area (Å²) >= 11 is 0. The second-order valence-corrected chi connectivity index (χ2v) is 6.51. The van der Waals surface area contributed by atoms with Crippen LogP contribution in [0.25, 0.3) is 0 Å². The third-order valence-corrected chi connectivity index (χ3v) is 1.98. The summed E-state index contributed by atoms with van der Waals surface area (Å²) in [6.45, 7) is 10.1. The molecule has 1 atom stereocenters. The van der Waals surface area contributed by atoms with Crippen LogP contribution in [0.3, 0.4) is 0 Å². The number of methoxy groups -OCH3 is 1. The summed E-state index contributed by atoms with van der Waals surface area (Å²) < 4.78 is 14.7. The minimum absolute atomic E-state index is 0.329. The number of amides is 1. The number of hydrogen-bond acceptors (Lipinski definition) is 6. The highest BCUT2D eigenvalue weighted by Crippen LogP contribution is 2.12. The number of hydrogen-bond donors (Lipinski definition) is 1. The molecule has 0 rings (SSSR count). The number of alkyl carbamates (subject to hydrolysis) is 1. The standard InChI is InChI=1S/C14H25NO6/c1-13(2,3)20-11(17)9(8-10(16)19-7)15-12(18)21-14(4,5)6/h9H,8H2,1-7H3,(H,15,18)/t9-/m1/s1. The summed E-state index contributed by atoms with van der Waals surface area (Å²) in [6.07, 6.45) is -1.13. The molecule has 0 aromatic heterocycles. The number of rotatable bonds is 4. The van der Waals surface area contributed by atoms with Gasteiger partial charge in [-0.15, -0.1) is 0 Å². The lowest BCUT2D eigenvalue weighted by Crippen LogP contribution is -2.47. The van der Waals surface area contributed by atoms with E-state index >= 15 is 0 Å². The van der Waals surface area contributed by atoms with Gasteiger partial charge >= 0.3 is 18.0 Å². The van der Waals surface area contributed by atoms with Crippen LogP contribution >= 0.6 is 0 Å². The van der Waals surface area contributed by atoms with Gasteiger partial charge in [0, 0.05) is 0 Å². The highest BCUT2D eigenvalue weighted by molar-refractivity contribution is 5.86. The first kappa shape index (κ1) is 19.2. The summed E-state index contributed by atoms with van der Waals surface area (Å²) in [7, 11) is 1.20. The maximum Gasteiger partial charge on any atom is 0.408 e. The number of carbonyl (C=O) groups excluding carboxylic acids is 3. The Labute approximate surface area is 125 Å². The van der Waals surface area contributed by atoms with E-state index in [4.69, 9.17) is 9.47 Å². The smallest absolute Gasteiger partial charge is 0.408 e. The van der Waals surface area contributed by atoms with E-state index in [9.17, 15) is 14.4 Å². The molecule has 0 fully saturated rings. The van der Waals surface area contributed by atoms with Gasteiger partial charge in [0.05, 0.1) is 13.5 Å². The largest absolute Gasteiger partial charge is 0.469 e. The van der Waals surface area contributed by atoms with Crippen LogP contribution in [0.15, 0.2) is 0 Å². The van der Waals surface area contributed by atoms with E-state index in [1.54, 1.807) is 41.5 Å². The Balaban J connectivity index is 4.86. The van der Waals surface area contributed by atoms with Crippen molar-refractivity contribution in [3.63, 3.8) is 0 Å². The molecule has 0 aromatic rings. The van der Waals surface area contributed by atoms with E-state index in [-0.39, 0.29) is 6.42 Å². The number of esters is 2. The molecule has 0 saturated heterocycles. The average molecular weight is 303 g/mol. The van der Waals surface area contributed by atoms with E-state index in [1.165, 1.54) is 7.11 Å². The van der Waals surface area contributed by atoms with Gasteiger partial charge < -0.3 is 19.5 Å². The average Bonchev–Trinajstić information content (AvgIpc) is 2.22. The van der Waals surface area contributed by atoms with E-state index in [0.717, 1.165) is 0 Å². The van der Waals surface area contributed by atoms with Crippen molar-refractivity contribution in [3.05, 3.63) is 0 Å². The quantitative estimate of drug-likeness (QED) is 0.629. The van der Waals surface area contributed by atoms with Crippen LogP contribution in [0.4, 0.5) is 4.79 Å². The van der Waals surface area contributed by atoms with Crippen molar-refractivity contribution in [1.29, 1.82) is 0 Å². The fraction of sp³-hybridized carbons (Fsp3) is 0.786. The molecule has 7 nitrogen and oxygen atoms in total. The van der Waals surface area contributed by atoms with Gasteiger partial charge in [0.25, 0.3) is 0 Å². The summed E-state index contributed by atoms with van der Waals surface area (Å²) in [6, 6.07) is -1.16. The number of nitrogens with one attached hydrogen (secondary N) is 1. The van der Waals surface area contributed by atoms with Gasteiger partial charge in [-0.2, -0.15) is 0 Å². The maximum atomic E-state index is 12.0. The van der Waals surface area contributed by atoms with Crippen molar-refractivity contribution in [2.24, 2.45) is 0 Å². The minimum atomic E-state index is -1.16. The Hall–Kier alpha value is -1.79. The van der Waals surface area contributed by atoms with E-state index in [0.29, 0.717) is 0 Å². The van der Waals surface area contributed by atoms with E-state index < -0.39 is 35.3 Å².